The number of amides is 1. The largest absolute Gasteiger partial charge is 0.326 e. The van der Waals surface area contributed by atoms with E-state index in [-0.39, 0.29) is 5.91 Å². The van der Waals surface area contributed by atoms with E-state index in [2.05, 4.69) is 17.3 Å². The molecule has 19 heavy (non-hydrogen) atoms. The van der Waals surface area contributed by atoms with Crippen LogP contribution < -0.4 is 5.32 Å². The number of nitrogens with one attached hydrogen (secondary N) is 1. The fourth-order valence-electron chi connectivity index (χ4n) is 2.56. The van der Waals surface area contributed by atoms with Gasteiger partial charge in [0, 0.05) is 23.2 Å². The van der Waals surface area contributed by atoms with Gasteiger partial charge in [-0.05, 0) is 51.1 Å². The number of anilines is 1. The Kier molecular flexibility index (Phi) is 4.83. The summed E-state index contributed by atoms with van der Waals surface area (Å²) < 4.78 is 0. The van der Waals surface area contributed by atoms with Crippen molar-refractivity contribution in [3.05, 3.63) is 28.8 Å². The molecule has 1 N–H and O–H groups in total. The zero-order valence-electron chi connectivity index (χ0n) is 11.6. The van der Waals surface area contributed by atoms with E-state index in [1.807, 2.05) is 25.1 Å². The molecule has 1 aromatic rings. The first-order chi connectivity index (χ1) is 9.08. The van der Waals surface area contributed by atoms with Crippen LogP contribution in [0.4, 0.5) is 5.69 Å². The maximum absolute atomic E-state index is 12.1. The van der Waals surface area contributed by atoms with Crippen LogP contribution in [0.25, 0.3) is 0 Å². The number of hydrogen-bond donors (Lipinski definition) is 1. The second-order valence-electron chi connectivity index (χ2n) is 5.29. The topological polar surface area (TPSA) is 32.3 Å². The van der Waals surface area contributed by atoms with Gasteiger partial charge in [0.2, 0.25) is 5.91 Å². The Balaban J connectivity index is 1.95. The Morgan fingerprint density at radius 2 is 2.26 bits per heavy atom. The highest BCUT2D eigenvalue weighted by Gasteiger charge is 2.21. The summed E-state index contributed by atoms with van der Waals surface area (Å²) in [4.78, 5) is 14.4. The smallest absolute Gasteiger partial charge is 0.225 e. The molecule has 1 saturated heterocycles. The van der Waals surface area contributed by atoms with Crippen LogP contribution in [-0.2, 0) is 4.79 Å². The van der Waals surface area contributed by atoms with Gasteiger partial charge in [0.1, 0.15) is 0 Å². The second-order valence-corrected chi connectivity index (χ2v) is 5.70. The lowest BCUT2D eigenvalue weighted by molar-refractivity contribution is -0.117. The van der Waals surface area contributed by atoms with Crippen LogP contribution in [0, 0.1) is 6.92 Å². The van der Waals surface area contributed by atoms with Gasteiger partial charge in [-0.3, -0.25) is 4.79 Å². The Morgan fingerprint density at radius 3 is 3.00 bits per heavy atom. The zero-order chi connectivity index (χ0) is 13.8. The van der Waals surface area contributed by atoms with Crippen molar-refractivity contribution in [3.8, 4) is 0 Å². The monoisotopic (exact) mass is 280 g/mol. The maximum Gasteiger partial charge on any atom is 0.225 e. The lowest BCUT2D eigenvalue weighted by atomic mass is 10.00. The van der Waals surface area contributed by atoms with Crippen molar-refractivity contribution in [3.63, 3.8) is 0 Å². The Bertz CT molecular complexity index is 461. The first kappa shape index (κ1) is 14.4. The third-order valence-corrected chi connectivity index (χ3v) is 4.29. The standard InChI is InChI=1S/C15H21ClN2O/c1-11-13(16)7-5-8-14(11)17-15(19)10-12-6-3-4-9-18(12)2/h5,7-8,12H,3-4,6,9-10H2,1-2H3,(H,17,19). The summed E-state index contributed by atoms with van der Waals surface area (Å²) in [6.45, 7) is 3.01. The van der Waals surface area contributed by atoms with Crippen LogP contribution in [0.1, 0.15) is 31.2 Å². The summed E-state index contributed by atoms with van der Waals surface area (Å²) >= 11 is 6.05. The number of hydrogen-bond acceptors (Lipinski definition) is 2. The van der Waals surface area contributed by atoms with E-state index in [1.54, 1.807) is 0 Å². The van der Waals surface area contributed by atoms with Crippen LogP contribution in [-0.4, -0.2) is 30.4 Å². The molecular formula is C15H21ClN2O. The van der Waals surface area contributed by atoms with E-state index in [0.29, 0.717) is 17.5 Å². The predicted molar refractivity (Wildman–Crippen MR) is 79.7 cm³/mol. The summed E-state index contributed by atoms with van der Waals surface area (Å²) in [5, 5.41) is 3.66. The summed E-state index contributed by atoms with van der Waals surface area (Å²) in [6, 6.07) is 5.95. The molecule has 0 radical (unpaired) electrons. The predicted octanol–water partition coefficient (Wildman–Crippen LogP) is 3.46. The Morgan fingerprint density at radius 1 is 1.47 bits per heavy atom. The van der Waals surface area contributed by atoms with Crippen LogP contribution in [0.5, 0.6) is 0 Å². The highest BCUT2D eigenvalue weighted by Crippen LogP contribution is 2.24. The summed E-state index contributed by atoms with van der Waals surface area (Å²) in [5.74, 6) is 0.0733. The number of nitrogens with zero attached hydrogens (tertiary/aromatic N) is 1. The lowest BCUT2D eigenvalue weighted by Gasteiger charge is -2.32. The molecule has 0 bridgehead atoms. The number of piperidine rings is 1. The quantitative estimate of drug-likeness (QED) is 0.920. The van der Waals surface area contributed by atoms with E-state index < -0.39 is 0 Å². The fraction of sp³-hybridized carbons (Fsp3) is 0.533. The van der Waals surface area contributed by atoms with Gasteiger partial charge in [-0.15, -0.1) is 0 Å². The first-order valence-electron chi connectivity index (χ1n) is 6.83. The Hall–Kier alpha value is -1.06. The summed E-state index contributed by atoms with van der Waals surface area (Å²) in [5.41, 5.74) is 1.74. The van der Waals surface area contributed by atoms with E-state index in [0.717, 1.165) is 24.2 Å². The molecule has 1 aliphatic rings. The van der Waals surface area contributed by atoms with Gasteiger partial charge in [-0.1, -0.05) is 24.1 Å². The zero-order valence-corrected chi connectivity index (χ0v) is 12.3. The molecule has 1 heterocycles. The molecule has 1 atom stereocenters. The van der Waals surface area contributed by atoms with E-state index in [1.165, 1.54) is 12.8 Å². The van der Waals surface area contributed by atoms with Crippen molar-refractivity contribution in [1.82, 2.24) is 4.90 Å². The summed E-state index contributed by atoms with van der Waals surface area (Å²) in [7, 11) is 2.10. The fourth-order valence-corrected chi connectivity index (χ4v) is 2.73. The molecule has 1 fully saturated rings. The summed E-state index contributed by atoms with van der Waals surface area (Å²) in [6.07, 6.45) is 4.13. The Labute approximate surface area is 119 Å². The molecule has 0 aliphatic carbocycles. The highest BCUT2D eigenvalue weighted by molar-refractivity contribution is 6.31. The molecule has 1 aliphatic heterocycles. The van der Waals surface area contributed by atoms with E-state index >= 15 is 0 Å². The molecule has 0 saturated carbocycles. The number of carbonyl (C=O) groups is 1. The van der Waals surface area contributed by atoms with Crippen LogP contribution in [0.2, 0.25) is 5.02 Å². The van der Waals surface area contributed by atoms with Crippen molar-refractivity contribution in [2.75, 3.05) is 18.9 Å². The van der Waals surface area contributed by atoms with Gasteiger partial charge >= 0.3 is 0 Å². The average molecular weight is 281 g/mol. The molecule has 1 aromatic carbocycles. The van der Waals surface area contributed by atoms with Gasteiger partial charge < -0.3 is 10.2 Å². The van der Waals surface area contributed by atoms with Crippen LogP contribution in [0.15, 0.2) is 18.2 Å². The molecule has 1 unspecified atom stereocenters. The SMILES string of the molecule is Cc1c(Cl)cccc1NC(=O)CC1CCCCN1C. The van der Waals surface area contributed by atoms with Gasteiger partial charge in [0.05, 0.1) is 0 Å². The van der Waals surface area contributed by atoms with Crippen LogP contribution in [0.3, 0.4) is 0 Å². The minimum absolute atomic E-state index is 0.0733. The van der Waals surface area contributed by atoms with Crippen molar-refractivity contribution in [2.45, 2.75) is 38.6 Å². The number of halogens is 1. The normalized spacial score (nSPS) is 20.3. The number of likely N-dealkylation sites (tertiary alicyclic amines) is 1. The van der Waals surface area contributed by atoms with E-state index in [9.17, 15) is 4.79 Å². The second kappa shape index (κ2) is 6.40. The van der Waals surface area contributed by atoms with Crippen molar-refractivity contribution in [1.29, 1.82) is 0 Å². The molecule has 0 spiro atoms. The van der Waals surface area contributed by atoms with Gasteiger partial charge in [-0.2, -0.15) is 0 Å². The van der Waals surface area contributed by atoms with Crippen molar-refractivity contribution >= 4 is 23.2 Å². The van der Waals surface area contributed by atoms with Gasteiger partial charge in [-0.25, -0.2) is 0 Å². The first-order valence-corrected chi connectivity index (χ1v) is 7.21. The minimum Gasteiger partial charge on any atom is -0.326 e. The van der Waals surface area contributed by atoms with Gasteiger partial charge in [0.15, 0.2) is 0 Å². The number of benzene rings is 1. The number of carbonyl (C=O) groups excluding carboxylic acids is 1. The molecule has 2 rings (SSSR count). The number of rotatable bonds is 3. The van der Waals surface area contributed by atoms with Gasteiger partial charge in [0.25, 0.3) is 0 Å². The third-order valence-electron chi connectivity index (χ3n) is 3.88. The molecule has 0 aromatic heterocycles. The average Bonchev–Trinajstić information content (AvgIpc) is 2.38. The van der Waals surface area contributed by atoms with Crippen molar-refractivity contribution in [2.24, 2.45) is 0 Å². The maximum atomic E-state index is 12.1. The molecule has 3 nitrogen and oxygen atoms in total. The van der Waals surface area contributed by atoms with E-state index in [4.69, 9.17) is 11.6 Å². The minimum atomic E-state index is 0.0733. The van der Waals surface area contributed by atoms with Crippen molar-refractivity contribution < 1.29 is 4.79 Å². The molecule has 4 heteroatoms. The molecule has 1 amide bonds. The molecule has 104 valence electrons. The van der Waals surface area contributed by atoms with Crippen LogP contribution >= 0.6 is 11.6 Å². The lowest BCUT2D eigenvalue weighted by Crippen LogP contribution is -2.38. The molecular weight excluding hydrogens is 260 g/mol. The highest BCUT2D eigenvalue weighted by atomic mass is 35.5. The third kappa shape index (κ3) is 3.71.